The zero-order valence-electron chi connectivity index (χ0n) is 12.4. The summed E-state index contributed by atoms with van der Waals surface area (Å²) >= 11 is 0. The lowest BCUT2D eigenvalue weighted by Gasteiger charge is -2.32. The molecule has 0 saturated carbocycles. The van der Waals surface area contributed by atoms with Gasteiger partial charge in [0.15, 0.2) is 11.5 Å². The van der Waals surface area contributed by atoms with Gasteiger partial charge in [-0.25, -0.2) is 0 Å². The number of methoxy groups -OCH3 is 1. The summed E-state index contributed by atoms with van der Waals surface area (Å²) in [5, 5.41) is 0.675. The highest BCUT2D eigenvalue weighted by Gasteiger charge is 2.32. The minimum atomic E-state index is -0.640. The Hall–Kier alpha value is -1.29. The minimum absolute atomic E-state index is 0.291. The fourth-order valence-corrected chi connectivity index (χ4v) is 5.20. The van der Waals surface area contributed by atoms with E-state index in [4.69, 9.17) is 9.47 Å². The van der Waals surface area contributed by atoms with Crippen LogP contribution >= 0.6 is 0 Å². The van der Waals surface area contributed by atoms with Crippen molar-refractivity contribution < 1.29 is 13.7 Å². The van der Waals surface area contributed by atoms with Gasteiger partial charge in [0.25, 0.3) is 0 Å². The Kier molecular flexibility index (Phi) is 4.63. The first kappa shape index (κ1) is 14.6. The van der Waals surface area contributed by atoms with Gasteiger partial charge < -0.3 is 9.47 Å². The molecular formula is C17H22O3S. The molecule has 2 aliphatic rings. The number of ether oxygens (including phenoxy) is 2. The maximum Gasteiger partial charge on any atom is 0.161 e. The first-order valence-electron chi connectivity index (χ1n) is 7.62. The van der Waals surface area contributed by atoms with Gasteiger partial charge in [-0.15, -0.1) is 0 Å². The summed E-state index contributed by atoms with van der Waals surface area (Å²) in [6.45, 7) is 0.651. The minimum Gasteiger partial charge on any atom is -0.493 e. The Balaban J connectivity index is 1.57. The van der Waals surface area contributed by atoms with Crippen molar-refractivity contribution in [3.05, 3.63) is 35.9 Å². The molecule has 2 bridgehead atoms. The van der Waals surface area contributed by atoms with Gasteiger partial charge in [0.2, 0.25) is 0 Å². The van der Waals surface area contributed by atoms with E-state index in [9.17, 15) is 4.21 Å². The van der Waals surface area contributed by atoms with Crippen molar-refractivity contribution in [2.75, 3.05) is 13.7 Å². The third-order valence-electron chi connectivity index (χ3n) is 4.30. The van der Waals surface area contributed by atoms with Crippen LogP contribution in [0.15, 0.2) is 35.9 Å². The molecule has 3 rings (SSSR count). The maximum absolute atomic E-state index is 12.2. The van der Waals surface area contributed by atoms with Crippen molar-refractivity contribution >= 4 is 10.8 Å². The second-order valence-corrected chi connectivity index (χ2v) is 7.63. The second-order valence-electron chi connectivity index (χ2n) is 5.70. The highest BCUT2D eigenvalue weighted by molar-refractivity contribution is 7.86. The molecule has 0 spiro atoms. The Bertz CT molecular complexity index is 553. The molecule has 2 heterocycles. The van der Waals surface area contributed by atoms with Crippen molar-refractivity contribution in [1.82, 2.24) is 0 Å². The summed E-state index contributed by atoms with van der Waals surface area (Å²) in [7, 11) is 1.01. The molecule has 4 heteroatoms. The van der Waals surface area contributed by atoms with E-state index in [1.54, 1.807) is 7.11 Å². The van der Waals surface area contributed by atoms with E-state index in [-0.39, 0.29) is 0 Å². The number of benzene rings is 1. The monoisotopic (exact) mass is 306 g/mol. The van der Waals surface area contributed by atoms with Crippen LogP contribution in [0.4, 0.5) is 0 Å². The van der Waals surface area contributed by atoms with Crippen LogP contribution in [0, 0.1) is 0 Å². The van der Waals surface area contributed by atoms with Gasteiger partial charge in [-0.2, -0.15) is 0 Å². The Morgan fingerprint density at radius 2 is 2.05 bits per heavy atom. The first-order chi connectivity index (χ1) is 10.3. The van der Waals surface area contributed by atoms with E-state index in [0.29, 0.717) is 17.1 Å². The average molecular weight is 306 g/mol. The van der Waals surface area contributed by atoms with E-state index in [0.717, 1.165) is 37.2 Å². The molecule has 3 unspecified atom stereocenters. The van der Waals surface area contributed by atoms with Crippen molar-refractivity contribution in [2.24, 2.45) is 0 Å². The van der Waals surface area contributed by atoms with Crippen molar-refractivity contribution in [3.63, 3.8) is 0 Å². The summed E-state index contributed by atoms with van der Waals surface area (Å²) in [5.74, 6) is 1.56. The first-order valence-corrected chi connectivity index (χ1v) is 8.90. The molecule has 114 valence electrons. The number of para-hydroxylation sites is 2. The predicted molar refractivity (Wildman–Crippen MR) is 85.4 cm³/mol. The molecule has 21 heavy (non-hydrogen) atoms. The number of hydrogen-bond donors (Lipinski definition) is 0. The molecule has 1 aromatic rings. The zero-order chi connectivity index (χ0) is 14.7. The average Bonchev–Trinajstić information content (AvgIpc) is 2.48. The van der Waals surface area contributed by atoms with Gasteiger partial charge in [0.1, 0.15) is 0 Å². The van der Waals surface area contributed by atoms with Gasteiger partial charge in [0.05, 0.1) is 19.0 Å². The molecule has 0 aromatic heterocycles. The maximum atomic E-state index is 12.2. The molecule has 0 amide bonds. The van der Waals surface area contributed by atoms with Crippen LogP contribution in [0.25, 0.3) is 0 Å². The largest absolute Gasteiger partial charge is 0.493 e. The summed E-state index contributed by atoms with van der Waals surface area (Å²) in [6, 6.07) is 7.72. The van der Waals surface area contributed by atoms with Crippen LogP contribution < -0.4 is 9.47 Å². The Morgan fingerprint density at radius 3 is 2.81 bits per heavy atom. The Morgan fingerprint density at radius 1 is 1.24 bits per heavy atom. The third-order valence-corrected chi connectivity index (χ3v) is 6.33. The zero-order valence-corrected chi connectivity index (χ0v) is 13.2. The molecule has 1 fully saturated rings. The fraction of sp³-hybridized carbons (Fsp3) is 0.529. The number of rotatable bonds is 5. The summed E-state index contributed by atoms with van der Waals surface area (Å²) in [5.41, 5.74) is 1.42. The SMILES string of the molecule is COc1ccccc1OCCC1=CC2CCCC(C1)S2=O. The third kappa shape index (κ3) is 3.31. The van der Waals surface area contributed by atoms with Crippen LogP contribution in [-0.2, 0) is 10.8 Å². The quantitative estimate of drug-likeness (QED) is 0.782. The van der Waals surface area contributed by atoms with Crippen molar-refractivity contribution in [1.29, 1.82) is 0 Å². The summed E-state index contributed by atoms with van der Waals surface area (Å²) in [6.07, 6.45) is 7.58. The van der Waals surface area contributed by atoms with Gasteiger partial charge in [-0.05, 0) is 31.4 Å². The smallest absolute Gasteiger partial charge is 0.161 e. The van der Waals surface area contributed by atoms with Crippen LogP contribution in [0.5, 0.6) is 11.5 Å². The molecule has 0 N–H and O–H groups in total. The number of hydrogen-bond acceptors (Lipinski definition) is 3. The van der Waals surface area contributed by atoms with Gasteiger partial charge in [0, 0.05) is 22.5 Å². The standard InChI is InChI=1S/C17H22O3S/c1-19-16-7-2-3-8-17(16)20-10-9-13-11-14-5-4-6-15(12-13)21(14)18/h2-3,7-8,11,14-15H,4-6,9-10,12H2,1H3. The highest BCUT2D eigenvalue weighted by Crippen LogP contribution is 2.34. The molecule has 3 nitrogen and oxygen atoms in total. The van der Waals surface area contributed by atoms with E-state index in [2.05, 4.69) is 6.08 Å². The van der Waals surface area contributed by atoms with Gasteiger partial charge in [-0.3, -0.25) is 4.21 Å². The molecule has 1 aromatic carbocycles. The highest BCUT2D eigenvalue weighted by atomic mass is 32.2. The Labute approximate surface area is 128 Å². The lowest BCUT2D eigenvalue weighted by molar-refractivity contribution is 0.295. The summed E-state index contributed by atoms with van der Waals surface area (Å²) in [4.78, 5) is 0. The van der Waals surface area contributed by atoms with Crippen molar-refractivity contribution in [3.8, 4) is 11.5 Å². The molecule has 2 aliphatic heterocycles. The lowest BCUT2D eigenvalue weighted by Crippen LogP contribution is -2.34. The molecule has 1 saturated heterocycles. The topological polar surface area (TPSA) is 35.5 Å². The lowest BCUT2D eigenvalue weighted by atomic mass is 9.96. The van der Waals surface area contributed by atoms with E-state index in [1.165, 1.54) is 12.0 Å². The second kappa shape index (κ2) is 6.65. The molecule has 3 atom stereocenters. The summed E-state index contributed by atoms with van der Waals surface area (Å²) < 4.78 is 23.3. The van der Waals surface area contributed by atoms with Gasteiger partial charge >= 0.3 is 0 Å². The van der Waals surface area contributed by atoms with Crippen LogP contribution in [-0.4, -0.2) is 28.4 Å². The normalized spacial score (nSPS) is 27.9. The van der Waals surface area contributed by atoms with E-state index >= 15 is 0 Å². The van der Waals surface area contributed by atoms with Crippen LogP contribution in [0.3, 0.4) is 0 Å². The van der Waals surface area contributed by atoms with E-state index in [1.807, 2.05) is 24.3 Å². The molecule has 0 radical (unpaired) electrons. The van der Waals surface area contributed by atoms with Crippen molar-refractivity contribution in [2.45, 2.75) is 42.6 Å². The molecule has 0 aliphatic carbocycles. The molecular weight excluding hydrogens is 284 g/mol. The number of fused-ring (bicyclic) bond motifs is 2. The van der Waals surface area contributed by atoms with Crippen LogP contribution in [0.1, 0.15) is 32.1 Å². The fourth-order valence-electron chi connectivity index (χ4n) is 3.20. The van der Waals surface area contributed by atoms with E-state index < -0.39 is 10.8 Å². The predicted octanol–water partition coefficient (Wildman–Crippen LogP) is 3.46. The van der Waals surface area contributed by atoms with Gasteiger partial charge in [-0.1, -0.05) is 30.2 Å². The van der Waals surface area contributed by atoms with Crippen LogP contribution in [0.2, 0.25) is 0 Å².